The van der Waals surface area contributed by atoms with Crippen molar-refractivity contribution in [3.63, 3.8) is 0 Å². The van der Waals surface area contributed by atoms with Crippen molar-refractivity contribution in [3.8, 4) is 0 Å². The molecule has 0 amide bonds. The third-order valence-corrected chi connectivity index (χ3v) is 7.77. The quantitative estimate of drug-likeness (QED) is 0.896. The van der Waals surface area contributed by atoms with Gasteiger partial charge in [-0.2, -0.15) is 0 Å². The minimum absolute atomic E-state index is 0.112. The third kappa shape index (κ3) is 2.95. The molecule has 0 bridgehead atoms. The van der Waals surface area contributed by atoms with E-state index in [2.05, 4.69) is 0 Å². The van der Waals surface area contributed by atoms with Crippen molar-refractivity contribution < 1.29 is 22.7 Å². The highest BCUT2D eigenvalue weighted by Gasteiger charge is 2.50. The van der Waals surface area contributed by atoms with Crippen LogP contribution in [-0.2, 0) is 21.2 Å². The normalized spacial score (nSPS) is 26.2. The van der Waals surface area contributed by atoms with E-state index < -0.39 is 25.8 Å². The SMILES string of the molecule is CC1(C)CN(Cc2c(F)cccc2C2CC2)CC(C(=O)O)S1(=O)=O. The lowest BCUT2D eigenvalue weighted by molar-refractivity contribution is -0.137. The van der Waals surface area contributed by atoms with Gasteiger partial charge < -0.3 is 5.11 Å². The maximum Gasteiger partial charge on any atom is 0.323 e. The minimum Gasteiger partial charge on any atom is -0.480 e. The van der Waals surface area contributed by atoms with Gasteiger partial charge in [0.15, 0.2) is 15.1 Å². The van der Waals surface area contributed by atoms with Crippen LogP contribution in [-0.4, -0.2) is 47.5 Å². The number of carboxylic acids is 1. The molecule has 1 aliphatic heterocycles. The maximum atomic E-state index is 14.3. The molecule has 0 aromatic heterocycles. The average molecular weight is 355 g/mol. The fraction of sp³-hybridized carbons (Fsp3) is 0.588. The van der Waals surface area contributed by atoms with Crippen LogP contribution in [0.2, 0.25) is 0 Å². The van der Waals surface area contributed by atoms with E-state index in [1.54, 1.807) is 11.0 Å². The van der Waals surface area contributed by atoms with Crippen molar-refractivity contribution in [1.82, 2.24) is 4.90 Å². The molecule has 1 aromatic carbocycles. The summed E-state index contributed by atoms with van der Waals surface area (Å²) >= 11 is 0. The highest BCUT2D eigenvalue weighted by molar-refractivity contribution is 7.94. The second-order valence-electron chi connectivity index (χ2n) is 7.38. The van der Waals surface area contributed by atoms with E-state index in [9.17, 15) is 22.7 Å². The molecule has 2 aliphatic rings. The van der Waals surface area contributed by atoms with Gasteiger partial charge in [0.05, 0.1) is 4.75 Å². The highest BCUT2D eigenvalue weighted by atomic mass is 32.2. The smallest absolute Gasteiger partial charge is 0.323 e. The number of nitrogens with zero attached hydrogens (tertiary/aromatic N) is 1. The first-order valence-corrected chi connectivity index (χ1v) is 9.64. The van der Waals surface area contributed by atoms with Crippen LogP contribution in [0.3, 0.4) is 0 Å². The molecule has 1 saturated heterocycles. The number of carboxylic acid groups (broad SMARTS) is 1. The van der Waals surface area contributed by atoms with E-state index in [-0.39, 0.29) is 25.5 Å². The average Bonchev–Trinajstić information content (AvgIpc) is 3.28. The van der Waals surface area contributed by atoms with E-state index in [0.717, 1.165) is 18.4 Å². The van der Waals surface area contributed by atoms with Gasteiger partial charge in [0.25, 0.3) is 0 Å². The van der Waals surface area contributed by atoms with Crippen LogP contribution in [0.1, 0.15) is 43.7 Å². The molecule has 24 heavy (non-hydrogen) atoms. The Morgan fingerprint density at radius 1 is 1.38 bits per heavy atom. The predicted molar refractivity (Wildman–Crippen MR) is 88.1 cm³/mol. The lowest BCUT2D eigenvalue weighted by Crippen LogP contribution is -2.59. The Kier molecular flexibility index (Phi) is 4.20. The number of aliphatic carboxylic acids is 1. The number of halogens is 1. The summed E-state index contributed by atoms with van der Waals surface area (Å²) in [7, 11) is -3.79. The Bertz CT molecular complexity index is 771. The van der Waals surface area contributed by atoms with Crippen molar-refractivity contribution in [2.24, 2.45) is 0 Å². The van der Waals surface area contributed by atoms with E-state index >= 15 is 0 Å². The summed E-state index contributed by atoms with van der Waals surface area (Å²) in [5.41, 5.74) is 1.53. The molecule has 1 aliphatic carbocycles. The van der Waals surface area contributed by atoms with Gasteiger partial charge in [-0.3, -0.25) is 9.69 Å². The minimum atomic E-state index is -3.79. The standard InChI is InChI=1S/C17H22FNO4S/c1-17(2)10-19(9-15(16(20)21)24(17,22)23)8-13-12(11-6-7-11)4-3-5-14(13)18/h3-5,11,15H,6-10H2,1-2H3,(H,20,21). The van der Waals surface area contributed by atoms with E-state index in [1.165, 1.54) is 19.9 Å². The van der Waals surface area contributed by atoms with Crippen LogP contribution in [0.15, 0.2) is 18.2 Å². The summed E-state index contributed by atoms with van der Waals surface area (Å²) < 4.78 is 38.0. The Balaban J connectivity index is 1.90. The van der Waals surface area contributed by atoms with Gasteiger partial charge in [0, 0.05) is 25.2 Å². The number of carbonyl (C=O) groups is 1. The monoisotopic (exact) mass is 355 g/mol. The molecular weight excluding hydrogens is 333 g/mol. The van der Waals surface area contributed by atoms with Crippen molar-refractivity contribution in [1.29, 1.82) is 0 Å². The Morgan fingerprint density at radius 2 is 2.04 bits per heavy atom. The van der Waals surface area contributed by atoms with Gasteiger partial charge in [0.2, 0.25) is 0 Å². The lowest BCUT2D eigenvalue weighted by Gasteiger charge is -2.40. The molecule has 0 radical (unpaired) electrons. The van der Waals surface area contributed by atoms with Gasteiger partial charge in [0.1, 0.15) is 5.82 Å². The first-order valence-electron chi connectivity index (χ1n) is 8.09. The number of hydrogen-bond donors (Lipinski definition) is 1. The maximum absolute atomic E-state index is 14.3. The summed E-state index contributed by atoms with van der Waals surface area (Å²) in [5.74, 6) is -1.28. The fourth-order valence-electron chi connectivity index (χ4n) is 3.48. The molecule has 2 fully saturated rings. The summed E-state index contributed by atoms with van der Waals surface area (Å²) in [6, 6.07) is 5.01. The second-order valence-corrected chi connectivity index (χ2v) is 10.1. The molecule has 5 nitrogen and oxygen atoms in total. The Hall–Kier alpha value is -1.47. The number of rotatable bonds is 4. The molecule has 132 valence electrons. The van der Waals surface area contributed by atoms with Crippen LogP contribution in [0.25, 0.3) is 0 Å². The van der Waals surface area contributed by atoms with Gasteiger partial charge >= 0.3 is 5.97 Å². The van der Waals surface area contributed by atoms with Crippen LogP contribution in [0.5, 0.6) is 0 Å². The molecule has 1 atom stereocenters. The lowest BCUT2D eigenvalue weighted by atomic mass is 10.0. The van der Waals surface area contributed by atoms with Crippen molar-refractivity contribution in [2.45, 2.75) is 49.1 Å². The van der Waals surface area contributed by atoms with Crippen molar-refractivity contribution >= 4 is 15.8 Å². The van der Waals surface area contributed by atoms with Gasteiger partial charge in [-0.1, -0.05) is 12.1 Å². The first-order chi connectivity index (χ1) is 11.1. The Labute approximate surface area is 141 Å². The molecule has 1 saturated carbocycles. The zero-order valence-corrected chi connectivity index (χ0v) is 14.6. The van der Waals surface area contributed by atoms with Crippen molar-refractivity contribution in [3.05, 3.63) is 35.1 Å². The number of hydrogen-bond acceptors (Lipinski definition) is 4. The Morgan fingerprint density at radius 3 is 2.62 bits per heavy atom. The molecule has 1 unspecified atom stereocenters. The highest BCUT2D eigenvalue weighted by Crippen LogP contribution is 2.42. The van der Waals surface area contributed by atoms with Gasteiger partial charge in [-0.15, -0.1) is 0 Å². The van der Waals surface area contributed by atoms with E-state index in [0.29, 0.717) is 11.5 Å². The van der Waals surface area contributed by atoms with Crippen LogP contribution in [0.4, 0.5) is 4.39 Å². The third-order valence-electron chi connectivity index (χ3n) is 5.00. The molecule has 0 spiro atoms. The molecule has 1 heterocycles. The predicted octanol–water partition coefficient (Wildman–Crippen LogP) is 2.17. The van der Waals surface area contributed by atoms with Gasteiger partial charge in [-0.25, -0.2) is 12.8 Å². The first kappa shape index (κ1) is 17.4. The largest absolute Gasteiger partial charge is 0.480 e. The van der Waals surface area contributed by atoms with Crippen molar-refractivity contribution in [2.75, 3.05) is 13.1 Å². The summed E-state index contributed by atoms with van der Waals surface area (Å²) in [4.78, 5) is 13.2. The number of sulfone groups is 1. The summed E-state index contributed by atoms with van der Waals surface area (Å²) in [6.45, 7) is 3.39. The molecular formula is C17H22FNO4S. The van der Waals surface area contributed by atoms with Crippen LogP contribution < -0.4 is 0 Å². The second kappa shape index (κ2) is 5.81. The van der Waals surface area contributed by atoms with Crippen LogP contribution in [0, 0.1) is 5.82 Å². The fourth-order valence-corrected chi connectivity index (χ4v) is 5.29. The molecule has 3 rings (SSSR count). The topological polar surface area (TPSA) is 74.7 Å². The molecule has 1 aromatic rings. The van der Waals surface area contributed by atoms with E-state index in [4.69, 9.17) is 0 Å². The number of benzene rings is 1. The summed E-state index contributed by atoms with van der Waals surface area (Å²) in [6.07, 6.45) is 2.07. The zero-order chi connectivity index (χ0) is 17.7. The zero-order valence-electron chi connectivity index (χ0n) is 13.8. The molecule has 7 heteroatoms. The molecule has 1 N–H and O–H groups in total. The summed E-state index contributed by atoms with van der Waals surface area (Å²) in [5, 5.41) is 7.84. The van der Waals surface area contributed by atoms with E-state index in [1.807, 2.05) is 6.07 Å². The van der Waals surface area contributed by atoms with Crippen LogP contribution >= 0.6 is 0 Å². The van der Waals surface area contributed by atoms with Gasteiger partial charge in [-0.05, 0) is 44.2 Å².